The summed E-state index contributed by atoms with van der Waals surface area (Å²) in [5.74, 6) is 1.24. The Bertz CT molecular complexity index is 919. The molecule has 1 saturated heterocycles. The zero-order chi connectivity index (χ0) is 18.5. The normalized spacial score (nSPS) is 17.3. The number of carbonyl (C=O) groups is 1. The average Bonchev–Trinajstić information content (AvgIpc) is 3.24. The SMILES string of the molecule is O=C(/C=C/c1ccccc1)N1CCC[C@H](c2nnc(-c3ccccc3)o2)C1. The van der Waals surface area contributed by atoms with E-state index in [9.17, 15) is 4.79 Å². The van der Waals surface area contributed by atoms with E-state index in [0.717, 1.165) is 30.5 Å². The van der Waals surface area contributed by atoms with Crippen LogP contribution in [0.1, 0.15) is 30.2 Å². The molecule has 0 unspecified atom stereocenters. The lowest BCUT2D eigenvalue weighted by atomic mass is 9.98. The Balaban J connectivity index is 1.43. The topological polar surface area (TPSA) is 59.2 Å². The Hall–Kier alpha value is -3.21. The third kappa shape index (κ3) is 4.14. The van der Waals surface area contributed by atoms with E-state index in [1.165, 1.54) is 0 Å². The standard InChI is InChI=1S/C22H21N3O2/c26-20(14-13-17-8-3-1-4-9-17)25-15-7-12-19(16-25)22-24-23-21(27-22)18-10-5-2-6-11-18/h1-6,8-11,13-14,19H,7,12,15-16H2/b14-13+/t19-/m0/s1. The van der Waals surface area contributed by atoms with Crippen LogP contribution >= 0.6 is 0 Å². The maximum atomic E-state index is 12.5. The zero-order valence-electron chi connectivity index (χ0n) is 15.0. The first kappa shape index (κ1) is 17.2. The van der Waals surface area contributed by atoms with Gasteiger partial charge in [-0.3, -0.25) is 4.79 Å². The van der Waals surface area contributed by atoms with Crippen molar-refractivity contribution < 1.29 is 9.21 Å². The highest BCUT2D eigenvalue weighted by molar-refractivity contribution is 5.91. The van der Waals surface area contributed by atoms with E-state index in [4.69, 9.17) is 4.42 Å². The van der Waals surface area contributed by atoms with Gasteiger partial charge in [-0.15, -0.1) is 10.2 Å². The molecule has 2 aromatic carbocycles. The largest absolute Gasteiger partial charge is 0.420 e. The van der Waals surface area contributed by atoms with E-state index in [-0.39, 0.29) is 11.8 Å². The van der Waals surface area contributed by atoms with Gasteiger partial charge in [0.1, 0.15) is 0 Å². The van der Waals surface area contributed by atoms with Crippen LogP contribution in [0.5, 0.6) is 0 Å². The summed E-state index contributed by atoms with van der Waals surface area (Å²) in [5, 5.41) is 8.40. The molecule has 0 spiro atoms. The molecule has 1 aliphatic heterocycles. The van der Waals surface area contributed by atoms with Crippen molar-refractivity contribution in [3.8, 4) is 11.5 Å². The number of hydrogen-bond acceptors (Lipinski definition) is 4. The number of hydrogen-bond donors (Lipinski definition) is 0. The molecule has 3 aromatic rings. The summed E-state index contributed by atoms with van der Waals surface area (Å²) in [6, 6.07) is 19.6. The van der Waals surface area contributed by atoms with Gasteiger partial charge in [0.2, 0.25) is 17.7 Å². The van der Waals surface area contributed by atoms with Crippen LogP contribution in [0.25, 0.3) is 17.5 Å². The smallest absolute Gasteiger partial charge is 0.247 e. The molecule has 1 fully saturated rings. The average molecular weight is 359 g/mol. The number of piperidine rings is 1. The Morgan fingerprint density at radius 1 is 1.04 bits per heavy atom. The molecule has 0 radical (unpaired) electrons. The summed E-state index contributed by atoms with van der Waals surface area (Å²) >= 11 is 0. The quantitative estimate of drug-likeness (QED) is 0.657. The summed E-state index contributed by atoms with van der Waals surface area (Å²) in [6.07, 6.45) is 5.37. The highest BCUT2D eigenvalue weighted by atomic mass is 16.4. The molecule has 0 saturated carbocycles. The van der Waals surface area contributed by atoms with E-state index in [1.54, 1.807) is 6.08 Å². The molecule has 5 nitrogen and oxygen atoms in total. The molecule has 1 aliphatic rings. The van der Waals surface area contributed by atoms with E-state index < -0.39 is 0 Å². The van der Waals surface area contributed by atoms with Crippen molar-refractivity contribution >= 4 is 12.0 Å². The number of carbonyl (C=O) groups excluding carboxylic acids is 1. The van der Waals surface area contributed by atoms with Gasteiger partial charge in [0.15, 0.2) is 0 Å². The second-order valence-corrected chi connectivity index (χ2v) is 6.68. The van der Waals surface area contributed by atoms with Crippen molar-refractivity contribution in [1.82, 2.24) is 15.1 Å². The van der Waals surface area contributed by atoms with Gasteiger partial charge in [0.05, 0.1) is 5.92 Å². The molecule has 136 valence electrons. The number of aromatic nitrogens is 2. The van der Waals surface area contributed by atoms with E-state index in [2.05, 4.69) is 10.2 Å². The van der Waals surface area contributed by atoms with Crippen LogP contribution in [0.2, 0.25) is 0 Å². The van der Waals surface area contributed by atoms with Crippen LogP contribution < -0.4 is 0 Å². The second kappa shape index (κ2) is 7.99. The first-order valence-corrected chi connectivity index (χ1v) is 9.20. The molecule has 27 heavy (non-hydrogen) atoms. The predicted octanol–water partition coefficient (Wildman–Crippen LogP) is 4.16. The van der Waals surface area contributed by atoms with Gasteiger partial charge in [-0.05, 0) is 36.6 Å². The van der Waals surface area contributed by atoms with Crippen molar-refractivity contribution in [2.24, 2.45) is 0 Å². The third-order valence-corrected chi connectivity index (χ3v) is 4.76. The fourth-order valence-electron chi connectivity index (χ4n) is 3.31. The lowest BCUT2D eigenvalue weighted by Gasteiger charge is -2.30. The van der Waals surface area contributed by atoms with Crippen molar-refractivity contribution in [2.75, 3.05) is 13.1 Å². The first-order valence-electron chi connectivity index (χ1n) is 9.20. The lowest BCUT2D eigenvalue weighted by molar-refractivity contribution is -0.127. The minimum Gasteiger partial charge on any atom is -0.420 e. The maximum absolute atomic E-state index is 12.5. The number of amides is 1. The molecule has 0 aliphatic carbocycles. The number of benzene rings is 2. The fourth-order valence-corrected chi connectivity index (χ4v) is 3.31. The van der Waals surface area contributed by atoms with Gasteiger partial charge in [-0.25, -0.2) is 0 Å². The lowest BCUT2D eigenvalue weighted by Crippen LogP contribution is -2.38. The van der Waals surface area contributed by atoms with Gasteiger partial charge in [-0.1, -0.05) is 48.5 Å². The monoisotopic (exact) mass is 359 g/mol. The Morgan fingerprint density at radius 3 is 2.56 bits per heavy atom. The number of likely N-dealkylation sites (tertiary alicyclic amines) is 1. The van der Waals surface area contributed by atoms with Crippen LogP contribution in [0.15, 0.2) is 71.2 Å². The van der Waals surface area contributed by atoms with Gasteiger partial charge in [0.25, 0.3) is 0 Å². The minimum atomic E-state index is 0.0198. The first-order chi connectivity index (χ1) is 13.3. The molecule has 5 heteroatoms. The summed E-state index contributed by atoms with van der Waals surface area (Å²) in [5.41, 5.74) is 1.93. The van der Waals surface area contributed by atoms with Crippen LogP contribution in [-0.4, -0.2) is 34.1 Å². The van der Waals surface area contributed by atoms with Crippen LogP contribution in [0.4, 0.5) is 0 Å². The third-order valence-electron chi connectivity index (χ3n) is 4.76. The van der Waals surface area contributed by atoms with Gasteiger partial charge in [-0.2, -0.15) is 0 Å². The van der Waals surface area contributed by atoms with Crippen molar-refractivity contribution in [2.45, 2.75) is 18.8 Å². The van der Waals surface area contributed by atoms with E-state index in [1.807, 2.05) is 71.6 Å². The summed E-state index contributed by atoms with van der Waals surface area (Å²) < 4.78 is 5.89. The molecular weight excluding hydrogens is 338 g/mol. The summed E-state index contributed by atoms with van der Waals surface area (Å²) in [7, 11) is 0. The molecular formula is C22H21N3O2. The molecule has 1 atom stereocenters. The molecule has 2 heterocycles. The van der Waals surface area contributed by atoms with Crippen molar-refractivity contribution in [3.63, 3.8) is 0 Å². The Morgan fingerprint density at radius 2 is 1.78 bits per heavy atom. The highest BCUT2D eigenvalue weighted by Crippen LogP contribution is 2.28. The summed E-state index contributed by atoms with van der Waals surface area (Å²) in [6.45, 7) is 1.36. The number of nitrogens with zero attached hydrogens (tertiary/aromatic N) is 3. The van der Waals surface area contributed by atoms with Crippen LogP contribution in [-0.2, 0) is 4.79 Å². The summed E-state index contributed by atoms with van der Waals surface area (Å²) in [4.78, 5) is 14.4. The van der Waals surface area contributed by atoms with Gasteiger partial charge >= 0.3 is 0 Å². The maximum Gasteiger partial charge on any atom is 0.247 e. The van der Waals surface area contributed by atoms with Gasteiger partial charge in [0, 0.05) is 24.7 Å². The van der Waals surface area contributed by atoms with Gasteiger partial charge < -0.3 is 9.32 Å². The molecule has 1 aromatic heterocycles. The zero-order valence-corrected chi connectivity index (χ0v) is 15.0. The van der Waals surface area contributed by atoms with Crippen LogP contribution in [0.3, 0.4) is 0 Å². The molecule has 1 amide bonds. The fraction of sp³-hybridized carbons (Fsp3) is 0.227. The van der Waals surface area contributed by atoms with Crippen molar-refractivity contribution in [1.29, 1.82) is 0 Å². The Kier molecular flexibility index (Phi) is 5.10. The Labute approximate surface area is 158 Å². The predicted molar refractivity (Wildman–Crippen MR) is 104 cm³/mol. The van der Waals surface area contributed by atoms with Crippen LogP contribution in [0, 0.1) is 0 Å². The minimum absolute atomic E-state index is 0.0198. The van der Waals surface area contributed by atoms with Crippen molar-refractivity contribution in [3.05, 3.63) is 78.2 Å². The second-order valence-electron chi connectivity index (χ2n) is 6.68. The van der Waals surface area contributed by atoms with E-state index >= 15 is 0 Å². The highest BCUT2D eigenvalue weighted by Gasteiger charge is 2.27. The molecule has 0 N–H and O–H groups in total. The molecule has 4 rings (SSSR count). The molecule has 0 bridgehead atoms. The number of rotatable bonds is 4. The van der Waals surface area contributed by atoms with E-state index in [0.29, 0.717) is 18.3 Å².